The van der Waals surface area contributed by atoms with Crippen molar-refractivity contribution in [2.24, 2.45) is 0 Å². The Morgan fingerprint density at radius 3 is 2.32 bits per heavy atom. The maximum atomic E-state index is 12.3. The number of nitrogens with one attached hydrogen (secondary N) is 1. The summed E-state index contributed by atoms with van der Waals surface area (Å²) in [5.74, 6) is -0.241. The van der Waals surface area contributed by atoms with E-state index in [0.29, 0.717) is 5.13 Å². The summed E-state index contributed by atoms with van der Waals surface area (Å²) in [6.07, 6.45) is 1.66. The summed E-state index contributed by atoms with van der Waals surface area (Å²) in [6.45, 7) is 6.28. The van der Waals surface area contributed by atoms with Gasteiger partial charge in [-0.2, -0.15) is 0 Å². The molecule has 0 atom stereocenters. The molecule has 25 heavy (non-hydrogen) atoms. The number of aryl methyl sites for hydroxylation is 3. The van der Waals surface area contributed by atoms with E-state index in [-0.39, 0.29) is 24.9 Å². The molecule has 6 nitrogen and oxygen atoms in total. The van der Waals surface area contributed by atoms with Crippen LogP contribution in [0.1, 0.15) is 16.7 Å². The number of likely N-dealkylation sites (N-methyl/N-ethyl adjacent to an activating group) is 2. The van der Waals surface area contributed by atoms with Crippen molar-refractivity contribution in [3.8, 4) is 0 Å². The highest BCUT2D eigenvalue weighted by Crippen LogP contribution is 2.21. The number of hydrogen-bond acceptors (Lipinski definition) is 5. The third-order valence-corrected chi connectivity index (χ3v) is 4.69. The van der Waals surface area contributed by atoms with Crippen LogP contribution in [0.15, 0.2) is 23.7 Å². The van der Waals surface area contributed by atoms with Gasteiger partial charge < -0.3 is 5.32 Å². The average Bonchev–Trinajstić information content (AvgIpc) is 3.04. The summed E-state index contributed by atoms with van der Waals surface area (Å²) in [4.78, 5) is 31.9. The zero-order chi connectivity index (χ0) is 18.6. The van der Waals surface area contributed by atoms with Crippen LogP contribution in [-0.4, -0.2) is 48.9 Å². The van der Waals surface area contributed by atoms with E-state index < -0.39 is 0 Å². The van der Waals surface area contributed by atoms with Crippen molar-refractivity contribution in [2.75, 3.05) is 37.4 Å². The Kier molecular flexibility index (Phi) is 6.27. The molecule has 0 fully saturated rings. The fourth-order valence-corrected chi connectivity index (χ4v) is 3.31. The molecule has 7 heteroatoms. The highest BCUT2D eigenvalue weighted by atomic mass is 32.1. The molecule has 0 aliphatic heterocycles. The van der Waals surface area contributed by atoms with Crippen LogP contribution in [0.2, 0.25) is 0 Å². The van der Waals surface area contributed by atoms with Crippen LogP contribution in [0.3, 0.4) is 0 Å². The third-order valence-electron chi connectivity index (χ3n) is 3.84. The lowest BCUT2D eigenvalue weighted by Crippen LogP contribution is -2.40. The summed E-state index contributed by atoms with van der Waals surface area (Å²) in [5.41, 5.74) is 4.08. The van der Waals surface area contributed by atoms with Gasteiger partial charge in [-0.05, 0) is 38.9 Å². The number of aromatic nitrogens is 1. The minimum Gasteiger partial charge on any atom is -0.324 e. The largest absolute Gasteiger partial charge is 0.324 e. The Morgan fingerprint density at radius 1 is 1.12 bits per heavy atom. The van der Waals surface area contributed by atoms with E-state index in [2.05, 4.69) is 10.3 Å². The lowest BCUT2D eigenvalue weighted by atomic mass is 10.1. The van der Waals surface area contributed by atoms with Crippen LogP contribution in [0.4, 0.5) is 10.8 Å². The first-order chi connectivity index (χ1) is 11.8. The summed E-state index contributed by atoms with van der Waals surface area (Å²) < 4.78 is 0. The highest BCUT2D eigenvalue weighted by molar-refractivity contribution is 7.13. The zero-order valence-electron chi connectivity index (χ0n) is 15.3. The van der Waals surface area contributed by atoms with Gasteiger partial charge in [0.15, 0.2) is 5.13 Å². The monoisotopic (exact) mass is 360 g/mol. The standard InChI is InChI=1S/C18H24N4O2S/c1-12-8-13(2)17(14(3)9-12)20-15(23)10-21(4)11-16(24)22(5)18-19-6-7-25-18/h6-9H,10-11H2,1-5H3,(H,20,23). The highest BCUT2D eigenvalue weighted by Gasteiger charge is 2.17. The average molecular weight is 360 g/mol. The lowest BCUT2D eigenvalue weighted by Gasteiger charge is -2.20. The molecular formula is C18H24N4O2S. The summed E-state index contributed by atoms with van der Waals surface area (Å²) in [5, 5.41) is 5.42. The number of hydrogen-bond donors (Lipinski definition) is 1. The van der Waals surface area contributed by atoms with E-state index in [4.69, 9.17) is 0 Å². The normalized spacial score (nSPS) is 10.8. The SMILES string of the molecule is Cc1cc(C)c(NC(=O)CN(C)CC(=O)N(C)c2nccs2)c(C)c1. The van der Waals surface area contributed by atoms with Gasteiger partial charge in [-0.1, -0.05) is 17.7 Å². The molecular weight excluding hydrogens is 336 g/mol. The van der Waals surface area contributed by atoms with Crippen LogP contribution in [-0.2, 0) is 9.59 Å². The van der Waals surface area contributed by atoms with Gasteiger partial charge in [0.1, 0.15) is 0 Å². The molecule has 0 saturated carbocycles. The molecule has 0 radical (unpaired) electrons. The molecule has 0 aliphatic rings. The number of thiazole rings is 1. The Bertz CT molecular complexity index is 735. The van der Waals surface area contributed by atoms with Crippen molar-refractivity contribution < 1.29 is 9.59 Å². The smallest absolute Gasteiger partial charge is 0.242 e. The quantitative estimate of drug-likeness (QED) is 0.860. The molecule has 1 aromatic heterocycles. The van der Waals surface area contributed by atoms with Crippen LogP contribution >= 0.6 is 11.3 Å². The van der Waals surface area contributed by atoms with E-state index in [0.717, 1.165) is 16.8 Å². The van der Waals surface area contributed by atoms with Gasteiger partial charge in [0.05, 0.1) is 13.1 Å². The minimum absolute atomic E-state index is 0.104. The molecule has 0 unspecified atom stereocenters. The van der Waals surface area contributed by atoms with E-state index in [9.17, 15) is 9.59 Å². The molecule has 1 heterocycles. The van der Waals surface area contributed by atoms with Crippen LogP contribution in [0, 0.1) is 20.8 Å². The molecule has 0 bridgehead atoms. The second kappa shape index (κ2) is 8.22. The number of anilines is 2. The van der Waals surface area contributed by atoms with Crippen LogP contribution in [0.5, 0.6) is 0 Å². The Labute approximate surface area is 152 Å². The number of nitrogens with zero attached hydrogens (tertiary/aromatic N) is 3. The third kappa shape index (κ3) is 5.11. The molecule has 2 aromatic rings. The van der Waals surface area contributed by atoms with E-state index in [1.54, 1.807) is 25.2 Å². The topological polar surface area (TPSA) is 65.5 Å². The number of carbonyl (C=O) groups is 2. The van der Waals surface area contributed by atoms with Crippen molar-refractivity contribution in [1.82, 2.24) is 9.88 Å². The fraction of sp³-hybridized carbons (Fsp3) is 0.389. The fourth-order valence-electron chi connectivity index (χ4n) is 2.68. The van der Waals surface area contributed by atoms with Gasteiger partial charge in [0, 0.05) is 24.3 Å². The molecule has 2 rings (SSSR count). The van der Waals surface area contributed by atoms with Crippen molar-refractivity contribution in [3.63, 3.8) is 0 Å². The molecule has 2 amide bonds. The Hall–Kier alpha value is -2.25. The number of benzene rings is 1. The minimum atomic E-state index is -0.137. The first-order valence-electron chi connectivity index (χ1n) is 8.00. The second-order valence-corrected chi connectivity index (χ2v) is 7.13. The van der Waals surface area contributed by atoms with Gasteiger partial charge >= 0.3 is 0 Å². The van der Waals surface area contributed by atoms with Crippen LogP contribution in [0.25, 0.3) is 0 Å². The van der Waals surface area contributed by atoms with Gasteiger partial charge in [0.2, 0.25) is 11.8 Å². The van der Waals surface area contributed by atoms with Crippen molar-refractivity contribution in [1.29, 1.82) is 0 Å². The number of carbonyl (C=O) groups excluding carboxylic acids is 2. The predicted octanol–water partition coefficient (Wildman–Crippen LogP) is 2.60. The predicted molar refractivity (Wildman–Crippen MR) is 102 cm³/mol. The first-order valence-corrected chi connectivity index (χ1v) is 8.88. The molecule has 0 aliphatic carbocycles. The van der Waals surface area contributed by atoms with Crippen molar-refractivity contribution in [2.45, 2.75) is 20.8 Å². The van der Waals surface area contributed by atoms with Gasteiger partial charge in [0.25, 0.3) is 0 Å². The lowest BCUT2D eigenvalue weighted by molar-refractivity contribution is -0.120. The van der Waals surface area contributed by atoms with E-state index in [1.165, 1.54) is 21.8 Å². The van der Waals surface area contributed by atoms with Crippen molar-refractivity contribution >= 4 is 34.0 Å². The summed E-state index contributed by atoms with van der Waals surface area (Å²) >= 11 is 1.40. The van der Waals surface area contributed by atoms with E-state index in [1.807, 2.05) is 38.3 Å². The first kappa shape index (κ1) is 19.1. The molecule has 1 aromatic carbocycles. The van der Waals surface area contributed by atoms with Gasteiger partial charge in [-0.25, -0.2) is 4.98 Å². The molecule has 0 spiro atoms. The second-order valence-electron chi connectivity index (χ2n) is 6.26. The summed E-state index contributed by atoms with van der Waals surface area (Å²) in [7, 11) is 3.44. The Morgan fingerprint density at radius 2 is 1.76 bits per heavy atom. The van der Waals surface area contributed by atoms with E-state index >= 15 is 0 Å². The Balaban J connectivity index is 1.91. The van der Waals surface area contributed by atoms with Crippen molar-refractivity contribution in [3.05, 3.63) is 40.4 Å². The molecule has 1 N–H and O–H groups in total. The molecule has 134 valence electrons. The molecule has 0 saturated heterocycles. The van der Waals surface area contributed by atoms with Gasteiger partial charge in [-0.3, -0.25) is 19.4 Å². The maximum Gasteiger partial charge on any atom is 0.242 e. The zero-order valence-corrected chi connectivity index (χ0v) is 16.1. The van der Waals surface area contributed by atoms with Gasteiger partial charge in [-0.15, -0.1) is 11.3 Å². The summed E-state index contributed by atoms with van der Waals surface area (Å²) in [6, 6.07) is 4.08. The number of rotatable bonds is 6. The maximum absolute atomic E-state index is 12.3. The van der Waals surface area contributed by atoms with Crippen LogP contribution < -0.4 is 10.2 Å². The number of amides is 2.